The Bertz CT molecular complexity index is 1430. The number of nitrogens with zero attached hydrogens (tertiary/aromatic N) is 4. The topological polar surface area (TPSA) is 156 Å². The average Bonchev–Trinajstić information content (AvgIpc) is 3.27. The third kappa shape index (κ3) is 5.40. The standard InChI is InChI=1S/C21H14Cl4N6O4/c22-8-4-10-16(12(24)6-8)26-20(34)18(10)30-28-14(32)2-1-3-15(33)29-31-19-11-5-9(23)7-13(25)17(11)27-21(19)35/h4-7,26-27,34-35H,1-3H2. The van der Waals surface area contributed by atoms with Gasteiger partial charge in [0.25, 0.3) is 11.8 Å². The number of hydrogen-bond donors (Lipinski definition) is 4. The van der Waals surface area contributed by atoms with Crippen LogP contribution in [0.2, 0.25) is 20.1 Å². The first kappa shape index (κ1) is 24.9. The van der Waals surface area contributed by atoms with Crippen molar-refractivity contribution in [2.75, 3.05) is 0 Å². The van der Waals surface area contributed by atoms with E-state index in [1.165, 1.54) is 24.3 Å². The number of carbonyl (C=O) groups excluding carboxylic acids is 2. The van der Waals surface area contributed by atoms with E-state index in [0.717, 1.165) is 0 Å². The number of benzene rings is 2. The highest BCUT2D eigenvalue weighted by Gasteiger charge is 2.16. The molecule has 4 N–H and O–H groups in total. The molecule has 2 heterocycles. The number of azo groups is 2. The Hall–Kier alpha value is -3.18. The van der Waals surface area contributed by atoms with Gasteiger partial charge < -0.3 is 20.2 Å². The van der Waals surface area contributed by atoms with Crippen molar-refractivity contribution >= 4 is 91.4 Å². The lowest BCUT2D eigenvalue weighted by Crippen LogP contribution is -1.96. The quantitative estimate of drug-likeness (QED) is 0.179. The largest absolute Gasteiger partial charge is 0.493 e. The molecule has 0 fully saturated rings. The number of aromatic hydroxyl groups is 2. The van der Waals surface area contributed by atoms with Gasteiger partial charge in [-0.05, 0) is 30.7 Å². The molecule has 2 aromatic carbocycles. The van der Waals surface area contributed by atoms with E-state index >= 15 is 0 Å². The normalized spacial score (nSPS) is 12.0. The smallest absolute Gasteiger partial charge is 0.264 e. The summed E-state index contributed by atoms with van der Waals surface area (Å²) in [5.74, 6) is -1.87. The van der Waals surface area contributed by atoms with Gasteiger partial charge in [-0.1, -0.05) is 46.4 Å². The van der Waals surface area contributed by atoms with Gasteiger partial charge in [0.15, 0.2) is 11.4 Å². The van der Waals surface area contributed by atoms with Gasteiger partial charge in [-0.3, -0.25) is 9.59 Å². The van der Waals surface area contributed by atoms with E-state index in [2.05, 4.69) is 30.4 Å². The van der Waals surface area contributed by atoms with E-state index < -0.39 is 11.8 Å². The molecule has 180 valence electrons. The van der Waals surface area contributed by atoms with Gasteiger partial charge in [-0.2, -0.15) is 0 Å². The van der Waals surface area contributed by atoms with Gasteiger partial charge in [0, 0.05) is 33.7 Å². The Labute approximate surface area is 216 Å². The summed E-state index contributed by atoms with van der Waals surface area (Å²) < 4.78 is 0. The van der Waals surface area contributed by atoms with Crippen LogP contribution in [0, 0.1) is 0 Å². The van der Waals surface area contributed by atoms with Crippen LogP contribution >= 0.6 is 46.4 Å². The van der Waals surface area contributed by atoms with Crippen LogP contribution in [0.3, 0.4) is 0 Å². The SMILES string of the molecule is O=C(CCCC(=O)N=Nc1c(O)[nH]c2c(Cl)cc(Cl)cc12)N=Nc1c(O)[nH]c2c(Cl)cc(Cl)cc12. The molecule has 0 unspecified atom stereocenters. The monoisotopic (exact) mass is 554 g/mol. The molecular weight excluding hydrogens is 542 g/mol. The third-order valence-electron chi connectivity index (χ3n) is 4.86. The number of hydrogen-bond acceptors (Lipinski definition) is 6. The predicted octanol–water partition coefficient (Wildman–Crippen LogP) is 7.77. The van der Waals surface area contributed by atoms with Crippen molar-refractivity contribution in [3.8, 4) is 11.8 Å². The number of halogens is 4. The lowest BCUT2D eigenvalue weighted by Gasteiger charge is -1.97. The summed E-state index contributed by atoms with van der Waals surface area (Å²) in [6.45, 7) is 0. The molecule has 35 heavy (non-hydrogen) atoms. The van der Waals surface area contributed by atoms with Gasteiger partial charge in [0.05, 0.1) is 21.1 Å². The van der Waals surface area contributed by atoms with Crippen LogP contribution < -0.4 is 0 Å². The summed E-state index contributed by atoms with van der Waals surface area (Å²) >= 11 is 24.1. The van der Waals surface area contributed by atoms with E-state index in [0.29, 0.717) is 31.9 Å². The van der Waals surface area contributed by atoms with Crippen molar-refractivity contribution in [3.05, 3.63) is 44.4 Å². The van der Waals surface area contributed by atoms with E-state index in [4.69, 9.17) is 46.4 Å². The van der Waals surface area contributed by atoms with E-state index in [1.54, 1.807) is 0 Å². The van der Waals surface area contributed by atoms with Gasteiger partial charge in [0.2, 0.25) is 11.8 Å². The maximum Gasteiger partial charge on any atom is 0.264 e. The highest BCUT2D eigenvalue weighted by Crippen LogP contribution is 2.41. The lowest BCUT2D eigenvalue weighted by molar-refractivity contribution is -0.119. The molecule has 0 aliphatic rings. The van der Waals surface area contributed by atoms with Gasteiger partial charge in [0.1, 0.15) is 0 Å². The summed E-state index contributed by atoms with van der Waals surface area (Å²) in [6.07, 6.45) is -0.0668. The molecule has 4 rings (SSSR count). The second kappa shape index (κ2) is 10.2. The second-order valence-corrected chi connectivity index (χ2v) is 8.99. The van der Waals surface area contributed by atoms with E-state index in [-0.39, 0.29) is 52.4 Å². The number of amides is 2. The maximum atomic E-state index is 12.1. The summed E-state index contributed by atoms with van der Waals surface area (Å²) in [7, 11) is 0. The lowest BCUT2D eigenvalue weighted by atomic mass is 10.2. The highest BCUT2D eigenvalue weighted by molar-refractivity contribution is 6.39. The molecular formula is C21H14Cl4N6O4. The van der Waals surface area contributed by atoms with Gasteiger partial charge in [-0.15, -0.1) is 20.5 Å². The maximum absolute atomic E-state index is 12.1. The predicted molar refractivity (Wildman–Crippen MR) is 133 cm³/mol. The first-order valence-corrected chi connectivity index (χ1v) is 11.4. The van der Waals surface area contributed by atoms with Crippen molar-refractivity contribution in [2.24, 2.45) is 20.5 Å². The number of carbonyl (C=O) groups is 2. The molecule has 0 bridgehead atoms. The molecule has 2 amide bonds. The zero-order valence-corrected chi connectivity index (χ0v) is 20.5. The molecule has 10 nitrogen and oxygen atoms in total. The molecule has 0 saturated heterocycles. The Morgan fingerprint density at radius 1 is 0.714 bits per heavy atom. The Kier molecular flexibility index (Phi) is 7.27. The van der Waals surface area contributed by atoms with Crippen LogP contribution in [-0.4, -0.2) is 32.0 Å². The van der Waals surface area contributed by atoms with Crippen molar-refractivity contribution in [1.29, 1.82) is 0 Å². The first-order valence-electron chi connectivity index (χ1n) is 9.92. The second-order valence-electron chi connectivity index (χ2n) is 7.31. The molecule has 4 aromatic rings. The molecule has 0 radical (unpaired) electrons. The fraction of sp³-hybridized carbons (Fsp3) is 0.143. The number of rotatable bonds is 6. The van der Waals surface area contributed by atoms with Crippen LogP contribution in [0.4, 0.5) is 11.4 Å². The fourth-order valence-corrected chi connectivity index (χ4v) is 4.37. The molecule has 14 heteroatoms. The summed E-state index contributed by atoms with van der Waals surface area (Å²) in [4.78, 5) is 29.4. The Balaban J connectivity index is 1.36. The van der Waals surface area contributed by atoms with Crippen LogP contribution in [0.5, 0.6) is 11.8 Å². The van der Waals surface area contributed by atoms with Crippen LogP contribution in [0.15, 0.2) is 44.7 Å². The van der Waals surface area contributed by atoms with Gasteiger partial charge in [-0.25, -0.2) is 0 Å². The summed E-state index contributed by atoms with van der Waals surface area (Å²) in [6, 6.07) is 6.03. The Morgan fingerprint density at radius 2 is 1.11 bits per heavy atom. The molecule has 0 spiro atoms. The van der Waals surface area contributed by atoms with Crippen molar-refractivity contribution in [2.45, 2.75) is 19.3 Å². The van der Waals surface area contributed by atoms with E-state index in [9.17, 15) is 19.8 Å². The molecule has 0 aliphatic carbocycles. The van der Waals surface area contributed by atoms with Crippen LogP contribution in [0.1, 0.15) is 19.3 Å². The molecule has 0 atom stereocenters. The zero-order valence-electron chi connectivity index (χ0n) is 17.4. The molecule has 0 saturated carbocycles. The van der Waals surface area contributed by atoms with Crippen LogP contribution in [-0.2, 0) is 9.59 Å². The fourth-order valence-electron chi connectivity index (χ4n) is 3.29. The number of fused-ring (bicyclic) bond motifs is 2. The Morgan fingerprint density at radius 3 is 1.51 bits per heavy atom. The summed E-state index contributed by atoms with van der Waals surface area (Å²) in [5, 5.41) is 36.8. The number of H-pyrrole nitrogens is 2. The number of aromatic amines is 2. The first-order chi connectivity index (χ1) is 16.6. The molecule has 0 aliphatic heterocycles. The highest BCUT2D eigenvalue weighted by atomic mass is 35.5. The third-order valence-corrected chi connectivity index (χ3v) is 5.89. The van der Waals surface area contributed by atoms with Gasteiger partial charge >= 0.3 is 0 Å². The number of aromatic nitrogens is 2. The number of nitrogens with one attached hydrogen (secondary N) is 2. The average molecular weight is 556 g/mol. The van der Waals surface area contributed by atoms with Crippen molar-refractivity contribution in [3.63, 3.8) is 0 Å². The van der Waals surface area contributed by atoms with E-state index in [1.807, 2.05) is 0 Å². The zero-order chi connectivity index (χ0) is 25.3. The molecule has 2 aromatic heterocycles. The van der Waals surface area contributed by atoms with Crippen molar-refractivity contribution in [1.82, 2.24) is 9.97 Å². The van der Waals surface area contributed by atoms with Crippen molar-refractivity contribution < 1.29 is 19.8 Å². The minimum Gasteiger partial charge on any atom is -0.493 e. The van der Waals surface area contributed by atoms with Crippen LogP contribution in [0.25, 0.3) is 21.8 Å². The minimum atomic E-state index is -0.616. The summed E-state index contributed by atoms with van der Waals surface area (Å²) in [5.41, 5.74) is 0.830. The minimum absolute atomic E-state index is 0.0152.